The molecule has 88 valence electrons. The first-order chi connectivity index (χ1) is 7.77. The Kier molecular flexibility index (Phi) is 3.53. The van der Waals surface area contributed by atoms with Crippen LogP contribution in [0.25, 0.3) is 0 Å². The molecule has 1 aromatic heterocycles. The molecule has 6 heteroatoms. The SMILES string of the molecule is CC(NC(=O)C1COCCO1)c1ncc[nH]1. The number of carbonyl (C=O) groups is 1. The summed E-state index contributed by atoms with van der Waals surface area (Å²) < 4.78 is 10.5. The lowest BCUT2D eigenvalue weighted by molar-refractivity contribution is -0.148. The van der Waals surface area contributed by atoms with Gasteiger partial charge in [0, 0.05) is 12.4 Å². The number of hydrogen-bond acceptors (Lipinski definition) is 4. The molecule has 2 atom stereocenters. The Morgan fingerprint density at radius 1 is 1.69 bits per heavy atom. The third-order valence-electron chi connectivity index (χ3n) is 2.40. The molecule has 2 unspecified atom stereocenters. The summed E-state index contributed by atoms with van der Waals surface area (Å²) in [5.74, 6) is 0.564. The second kappa shape index (κ2) is 5.09. The van der Waals surface area contributed by atoms with Crippen LogP contribution < -0.4 is 5.32 Å². The number of rotatable bonds is 3. The average Bonchev–Trinajstić information content (AvgIpc) is 2.83. The third kappa shape index (κ3) is 2.59. The van der Waals surface area contributed by atoms with Crippen molar-refractivity contribution in [3.05, 3.63) is 18.2 Å². The molecule has 0 radical (unpaired) electrons. The molecule has 6 nitrogen and oxygen atoms in total. The van der Waals surface area contributed by atoms with Crippen LogP contribution >= 0.6 is 0 Å². The van der Waals surface area contributed by atoms with Crippen LogP contribution in [0.1, 0.15) is 18.8 Å². The van der Waals surface area contributed by atoms with E-state index >= 15 is 0 Å². The van der Waals surface area contributed by atoms with Gasteiger partial charge in [0.1, 0.15) is 5.82 Å². The van der Waals surface area contributed by atoms with E-state index in [2.05, 4.69) is 15.3 Å². The lowest BCUT2D eigenvalue weighted by atomic mass is 10.2. The lowest BCUT2D eigenvalue weighted by Crippen LogP contribution is -2.43. The van der Waals surface area contributed by atoms with Gasteiger partial charge < -0.3 is 19.8 Å². The summed E-state index contributed by atoms with van der Waals surface area (Å²) in [6.07, 6.45) is 2.86. The van der Waals surface area contributed by atoms with Gasteiger partial charge in [-0.3, -0.25) is 4.79 Å². The van der Waals surface area contributed by atoms with E-state index in [4.69, 9.17) is 9.47 Å². The van der Waals surface area contributed by atoms with E-state index < -0.39 is 6.10 Å². The molecule has 1 fully saturated rings. The van der Waals surface area contributed by atoms with Gasteiger partial charge in [0.2, 0.25) is 0 Å². The molecule has 1 aliphatic rings. The fourth-order valence-electron chi connectivity index (χ4n) is 1.53. The Morgan fingerprint density at radius 2 is 2.56 bits per heavy atom. The smallest absolute Gasteiger partial charge is 0.252 e. The Morgan fingerprint density at radius 3 is 3.19 bits per heavy atom. The van der Waals surface area contributed by atoms with Crippen LogP contribution in [0.4, 0.5) is 0 Å². The summed E-state index contributed by atoms with van der Waals surface area (Å²) in [5, 5.41) is 2.81. The molecule has 2 N–H and O–H groups in total. The van der Waals surface area contributed by atoms with Gasteiger partial charge in [0.15, 0.2) is 6.10 Å². The Labute approximate surface area is 93.3 Å². The van der Waals surface area contributed by atoms with Gasteiger partial charge in [0.25, 0.3) is 5.91 Å². The number of aromatic amines is 1. The van der Waals surface area contributed by atoms with Crippen LogP contribution in [0.3, 0.4) is 0 Å². The summed E-state index contributed by atoms with van der Waals surface area (Å²) in [6.45, 7) is 3.20. The molecule has 16 heavy (non-hydrogen) atoms. The van der Waals surface area contributed by atoms with Crippen LogP contribution in [0.2, 0.25) is 0 Å². The minimum atomic E-state index is -0.508. The monoisotopic (exact) mass is 225 g/mol. The fraction of sp³-hybridized carbons (Fsp3) is 0.600. The maximum Gasteiger partial charge on any atom is 0.252 e. The normalized spacial score (nSPS) is 22.7. The Bertz CT molecular complexity index is 333. The van der Waals surface area contributed by atoms with Gasteiger partial charge in [-0.25, -0.2) is 4.98 Å². The van der Waals surface area contributed by atoms with Crippen molar-refractivity contribution in [3.63, 3.8) is 0 Å². The quantitative estimate of drug-likeness (QED) is 0.759. The molecule has 2 rings (SSSR count). The standard InChI is InChI=1S/C10H15N3O3/c1-7(9-11-2-3-12-9)13-10(14)8-6-15-4-5-16-8/h2-3,7-8H,4-6H2,1H3,(H,11,12)(H,13,14). The van der Waals surface area contributed by atoms with Crippen molar-refractivity contribution in [1.29, 1.82) is 0 Å². The number of nitrogens with one attached hydrogen (secondary N) is 2. The van der Waals surface area contributed by atoms with Crippen molar-refractivity contribution in [2.75, 3.05) is 19.8 Å². The summed E-state index contributed by atoms with van der Waals surface area (Å²) in [7, 11) is 0. The second-order valence-electron chi connectivity index (χ2n) is 3.64. The van der Waals surface area contributed by atoms with Crippen molar-refractivity contribution in [3.8, 4) is 0 Å². The number of carbonyl (C=O) groups excluding carboxylic acids is 1. The fourth-order valence-corrected chi connectivity index (χ4v) is 1.53. The van der Waals surface area contributed by atoms with E-state index in [0.29, 0.717) is 19.8 Å². The molecule has 0 spiro atoms. The van der Waals surface area contributed by atoms with Crippen LogP contribution in [0.5, 0.6) is 0 Å². The molecular formula is C10H15N3O3. The second-order valence-corrected chi connectivity index (χ2v) is 3.64. The molecular weight excluding hydrogens is 210 g/mol. The highest BCUT2D eigenvalue weighted by molar-refractivity contribution is 5.81. The molecule has 1 aromatic rings. The predicted octanol–water partition coefficient (Wildman–Crippen LogP) is 0.00230. The lowest BCUT2D eigenvalue weighted by Gasteiger charge is -2.23. The van der Waals surface area contributed by atoms with Gasteiger partial charge in [-0.2, -0.15) is 0 Å². The van der Waals surface area contributed by atoms with Gasteiger partial charge in [-0.15, -0.1) is 0 Å². The van der Waals surface area contributed by atoms with Crippen LogP contribution in [0.15, 0.2) is 12.4 Å². The molecule has 1 saturated heterocycles. The number of amides is 1. The number of H-pyrrole nitrogens is 1. The van der Waals surface area contributed by atoms with E-state index in [1.165, 1.54) is 0 Å². The molecule has 0 aliphatic carbocycles. The molecule has 0 aromatic carbocycles. The minimum Gasteiger partial charge on any atom is -0.376 e. The number of nitrogens with zero attached hydrogens (tertiary/aromatic N) is 1. The zero-order valence-corrected chi connectivity index (χ0v) is 9.10. The van der Waals surface area contributed by atoms with Crippen molar-refractivity contribution in [2.24, 2.45) is 0 Å². The molecule has 1 aliphatic heterocycles. The highest BCUT2D eigenvalue weighted by Crippen LogP contribution is 2.07. The maximum atomic E-state index is 11.7. The van der Waals surface area contributed by atoms with Gasteiger partial charge in [-0.1, -0.05) is 0 Å². The van der Waals surface area contributed by atoms with Gasteiger partial charge >= 0.3 is 0 Å². The molecule has 1 amide bonds. The summed E-state index contributed by atoms with van der Waals surface area (Å²) >= 11 is 0. The van der Waals surface area contributed by atoms with E-state index in [1.54, 1.807) is 12.4 Å². The summed E-state index contributed by atoms with van der Waals surface area (Å²) in [5.41, 5.74) is 0. The zero-order chi connectivity index (χ0) is 11.4. The van der Waals surface area contributed by atoms with E-state index in [-0.39, 0.29) is 11.9 Å². The third-order valence-corrected chi connectivity index (χ3v) is 2.40. The first-order valence-corrected chi connectivity index (χ1v) is 5.26. The summed E-state index contributed by atoms with van der Waals surface area (Å²) in [4.78, 5) is 18.8. The van der Waals surface area contributed by atoms with E-state index in [9.17, 15) is 4.79 Å². The highest BCUT2D eigenvalue weighted by Gasteiger charge is 2.24. The predicted molar refractivity (Wildman–Crippen MR) is 55.7 cm³/mol. The molecule has 2 heterocycles. The van der Waals surface area contributed by atoms with Crippen molar-refractivity contribution < 1.29 is 14.3 Å². The Balaban J connectivity index is 1.86. The number of imidazole rings is 1. The largest absolute Gasteiger partial charge is 0.376 e. The highest BCUT2D eigenvalue weighted by atomic mass is 16.6. The van der Waals surface area contributed by atoms with Crippen LogP contribution in [-0.4, -0.2) is 41.8 Å². The minimum absolute atomic E-state index is 0.159. The summed E-state index contributed by atoms with van der Waals surface area (Å²) in [6, 6.07) is -0.159. The van der Waals surface area contributed by atoms with Crippen LogP contribution in [-0.2, 0) is 14.3 Å². The Hall–Kier alpha value is -1.40. The van der Waals surface area contributed by atoms with E-state index in [1.807, 2.05) is 6.92 Å². The van der Waals surface area contributed by atoms with Crippen molar-refractivity contribution >= 4 is 5.91 Å². The zero-order valence-electron chi connectivity index (χ0n) is 9.10. The van der Waals surface area contributed by atoms with Gasteiger partial charge in [-0.05, 0) is 6.92 Å². The first kappa shape index (κ1) is 11.1. The molecule has 0 saturated carbocycles. The van der Waals surface area contributed by atoms with Crippen molar-refractivity contribution in [2.45, 2.75) is 19.1 Å². The number of hydrogen-bond donors (Lipinski definition) is 2. The van der Waals surface area contributed by atoms with Crippen LogP contribution in [0, 0.1) is 0 Å². The van der Waals surface area contributed by atoms with E-state index in [0.717, 1.165) is 5.82 Å². The first-order valence-electron chi connectivity index (χ1n) is 5.26. The van der Waals surface area contributed by atoms with Gasteiger partial charge in [0.05, 0.1) is 25.9 Å². The topological polar surface area (TPSA) is 76.2 Å². The number of aromatic nitrogens is 2. The maximum absolute atomic E-state index is 11.7. The van der Waals surface area contributed by atoms with Crippen molar-refractivity contribution in [1.82, 2.24) is 15.3 Å². The average molecular weight is 225 g/mol. The number of ether oxygens (including phenoxy) is 2. The molecule has 0 bridgehead atoms.